The van der Waals surface area contributed by atoms with Gasteiger partial charge in [-0.2, -0.15) is 0 Å². The van der Waals surface area contributed by atoms with Crippen molar-refractivity contribution in [3.63, 3.8) is 0 Å². The second kappa shape index (κ2) is 4.65. The predicted octanol–water partition coefficient (Wildman–Crippen LogP) is 2.65. The van der Waals surface area contributed by atoms with Crippen molar-refractivity contribution in [2.45, 2.75) is 18.8 Å². The van der Waals surface area contributed by atoms with Crippen molar-refractivity contribution in [2.24, 2.45) is 7.05 Å². The Hall–Kier alpha value is -1.48. The molecular formula is C15H20N2O. The molecule has 18 heavy (non-hydrogen) atoms. The fourth-order valence-electron chi connectivity index (χ4n) is 3.05. The van der Waals surface area contributed by atoms with Gasteiger partial charge < -0.3 is 14.6 Å². The predicted molar refractivity (Wildman–Crippen MR) is 74.3 cm³/mol. The Kier molecular flexibility index (Phi) is 3.00. The van der Waals surface area contributed by atoms with Gasteiger partial charge in [-0.25, -0.2) is 0 Å². The Morgan fingerprint density at radius 1 is 1.33 bits per heavy atom. The zero-order valence-electron chi connectivity index (χ0n) is 11.1. The summed E-state index contributed by atoms with van der Waals surface area (Å²) in [7, 11) is 3.86. The lowest BCUT2D eigenvalue weighted by atomic mass is 9.89. The van der Waals surface area contributed by atoms with E-state index in [1.165, 1.54) is 29.3 Å². The minimum atomic E-state index is 0.569. The van der Waals surface area contributed by atoms with Gasteiger partial charge in [-0.05, 0) is 37.6 Å². The van der Waals surface area contributed by atoms with E-state index in [1.54, 1.807) is 7.11 Å². The second-order valence-corrected chi connectivity index (χ2v) is 5.08. The average Bonchev–Trinajstić information content (AvgIpc) is 2.80. The van der Waals surface area contributed by atoms with Crippen molar-refractivity contribution in [3.05, 3.63) is 30.0 Å². The number of piperidine rings is 1. The molecule has 1 aliphatic rings. The van der Waals surface area contributed by atoms with Gasteiger partial charge in [0.15, 0.2) is 0 Å². The van der Waals surface area contributed by atoms with Gasteiger partial charge in [-0.15, -0.1) is 0 Å². The molecule has 1 aromatic heterocycles. The van der Waals surface area contributed by atoms with Crippen LogP contribution in [0.4, 0.5) is 0 Å². The van der Waals surface area contributed by atoms with Gasteiger partial charge in [0.1, 0.15) is 5.75 Å². The molecule has 1 aromatic carbocycles. The maximum atomic E-state index is 5.58. The normalized spacial score (nSPS) is 20.2. The van der Waals surface area contributed by atoms with Crippen LogP contribution in [-0.2, 0) is 7.05 Å². The van der Waals surface area contributed by atoms with Crippen LogP contribution >= 0.6 is 0 Å². The minimum Gasteiger partial charge on any atom is -0.496 e. The SMILES string of the molecule is COc1ccc2c(ccn2C)c1C1CCCNC1. The Balaban J connectivity index is 2.16. The molecule has 1 aliphatic heterocycles. The molecular weight excluding hydrogens is 224 g/mol. The van der Waals surface area contributed by atoms with E-state index in [-0.39, 0.29) is 0 Å². The highest BCUT2D eigenvalue weighted by Gasteiger charge is 2.22. The zero-order chi connectivity index (χ0) is 12.5. The first kappa shape index (κ1) is 11.6. The van der Waals surface area contributed by atoms with Crippen LogP contribution in [0.25, 0.3) is 10.9 Å². The number of aryl methyl sites for hydroxylation is 1. The number of aromatic nitrogens is 1. The number of nitrogens with one attached hydrogen (secondary N) is 1. The van der Waals surface area contributed by atoms with E-state index < -0.39 is 0 Å². The number of methoxy groups -OCH3 is 1. The van der Waals surface area contributed by atoms with Crippen LogP contribution in [0.15, 0.2) is 24.4 Å². The monoisotopic (exact) mass is 244 g/mol. The first-order valence-electron chi connectivity index (χ1n) is 6.64. The molecule has 1 saturated heterocycles. The summed E-state index contributed by atoms with van der Waals surface area (Å²) in [6.45, 7) is 2.20. The van der Waals surface area contributed by atoms with Gasteiger partial charge in [0, 0.05) is 42.2 Å². The summed E-state index contributed by atoms with van der Waals surface area (Å²) in [5.41, 5.74) is 2.67. The molecule has 2 aromatic rings. The standard InChI is InChI=1S/C15H20N2O/c1-17-9-7-12-13(17)5-6-14(18-2)15(12)11-4-3-8-16-10-11/h5-7,9,11,16H,3-4,8,10H2,1-2H3. The molecule has 1 unspecified atom stereocenters. The summed E-state index contributed by atoms with van der Waals surface area (Å²) >= 11 is 0. The van der Waals surface area contributed by atoms with Gasteiger partial charge in [-0.3, -0.25) is 0 Å². The minimum absolute atomic E-state index is 0.569. The van der Waals surface area contributed by atoms with Crippen LogP contribution in [0, 0.1) is 0 Å². The number of nitrogens with zero attached hydrogens (tertiary/aromatic N) is 1. The lowest BCUT2D eigenvalue weighted by Crippen LogP contribution is -2.28. The van der Waals surface area contributed by atoms with Gasteiger partial charge in [0.2, 0.25) is 0 Å². The van der Waals surface area contributed by atoms with Crippen molar-refractivity contribution >= 4 is 10.9 Å². The Morgan fingerprint density at radius 3 is 2.94 bits per heavy atom. The lowest BCUT2D eigenvalue weighted by Gasteiger charge is -2.25. The number of fused-ring (bicyclic) bond motifs is 1. The molecule has 2 heterocycles. The third-order valence-electron chi connectivity index (χ3n) is 3.99. The summed E-state index contributed by atoms with van der Waals surface area (Å²) in [6, 6.07) is 6.46. The number of benzene rings is 1. The van der Waals surface area contributed by atoms with E-state index in [2.05, 4.69) is 41.3 Å². The average molecular weight is 244 g/mol. The molecule has 1 N–H and O–H groups in total. The zero-order valence-corrected chi connectivity index (χ0v) is 11.1. The number of rotatable bonds is 2. The van der Waals surface area contributed by atoms with Gasteiger partial charge >= 0.3 is 0 Å². The highest BCUT2D eigenvalue weighted by atomic mass is 16.5. The molecule has 0 radical (unpaired) electrons. The second-order valence-electron chi connectivity index (χ2n) is 5.08. The smallest absolute Gasteiger partial charge is 0.123 e. The number of ether oxygens (including phenoxy) is 1. The molecule has 0 saturated carbocycles. The fraction of sp³-hybridized carbons (Fsp3) is 0.467. The van der Waals surface area contributed by atoms with E-state index >= 15 is 0 Å². The van der Waals surface area contributed by atoms with Crippen LogP contribution in [0.2, 0.25) is 0 Å². The quantitative estimate of drug-likeness (QED) is 0.879. The van der Waals surface area contributed by atoms with Crippen molar-refractivity contribution in [1.82, 2.24) is 9.88 Å². The summed E-state index contributed by atoms with van der Waals surface area (Å²) in [5.74, 6) is 1.60. The largest absolute Gasteiger partial charge is 0.496 e. The molecule has 0 spiro atoms. The third kappa shape index (κ3) is 1.79. The molecule has 0 bridgehead atoms. The van der Waals surface area contributed by atoms with Crippen molar-refractivity contribution in [1.29, 1.82) is 0 Å². The summed E-state index contributed by atoms with van der Waals surface area (Å²) in [5, 5.41) is 4.83. The van der Waals surface area contributed by atoms with E-state index in [4.69, 9.17) is 4.74 Å². The molecule has 0 aliphatic carbocycles. The molecule has 3 nitrogen and oxygen atoms in total. The fourth-order valence-corrected chi connectivity index (χ4v) is 3.05. The Labute approximate surface area is 108 Å². The van der Waals surface area contributed by atoms with Crippen LogP contribution in [0.1, 0.15) is 24.3 Å². The Bertz CT molecular complexity index is 553. The summed E-state index contributed by atoms with van der Waals surface area (Å²) in [4.78, 5) is 0. The number of hydrogen-bond acceptors (Lipinski definition) is 2. The van der Waals surface area contributed by atoms with Crippen LogP contribution in [0.5, 0.6) is 5.75 Å². The van der Waals surface area contributed by atoms with E-state index in [1.807, 2.05) is 0 Å². The third-order valence-corrected chi connectivity index (χ3v) is 3.99. The molecule has 3 rings (SSSR count). The van der Waals surface area contributed by atoms with Crippen molar-refractivity contribution in [2.75, 3.05) is 20.2 Å². The van der Waals surface area contributed by atoms with E-state index in [9.17, 15) is 0 Å². The first-order valence-corrected chi connectivity index (χ1v) is 6.64. The highest BCUT2D eigenvalue weighted by Crippen LogP contribution is 2.37. The van der Waals surface area contributed by atoms with Crippen LogP contribution in [0.3, 0.4) is 0 Å². The molecule has 96 valence electrons. The molecule has 1 fully saturated rings. The van der Waals surface area contributed by atoms with Crippen molar-refractivity contribution in [3.8, 4) is 5.75 Å². The maximum absolute atomic E-state index is 5.58. The topological polar surface area (TPSA) is 26.2 Å². The van der Waals surface area contributed by atoms with Gasteiger partial charge in [0.25, 0.3) is 0 Å². The van der Waals surface area contributed by atoms with Crippen LogP contribution < -0.4 is 10.1 Å². The summed E-state index contributed by atoms with van der Waals surface area (Å²) in [6.07, 6.45) is 4.62. The maximum Gasteiger partial charge on any atom is 0.123 e. The van der Waals surface area contributed by atoms with E-state index in [0.29, 0.717) is 5.92 Å². The highest BCUT2D eigenvalue weighted by molar-refractivity contribution is 5.86. The van der Waals surface area contributed by atoms with Crippen molar-refractivity contribution < 1.29 is 4.74 Å². The molecule has 1 atom stereocenters. The lowest BCUT2D eigenvalue weighted by molar-refractivity contribution is 0.394. The summed E-state index contributed by atoms with van der Waals surface area (Å²) < 4.78 is 7.75. The van der Waals surface area contributed by atoms with E-state index in [0.717, 1.165) is 18.8 Å². The number of hydrogen-bond donors (Lipinski definition) is 1. The van der Waals surface area contributed by atoms with Gasteiger partial charge in [-0.1, -0.05) is 0 Å². The Morgan fingerprint density at radius 2 is 2.22 bits per heavy atom. The molecule has 0 amide bonds. The first-order chi connectivity index (χ1) is 8.81. The van der Waals surface area contributed by atoms with Crippen LogP contribution in [-0.4, -0.2) is 24.8 Å². The molecule has 3 heteroatoms. The van der Waals surface area contributed by atoms with Gasteiger partial charge in [0.05, 0.1) is 7.11 Å².